The van der Waals surface area contributed by atoms with Crippen molar-refractivity contribution < 1.29 is 39.8 Å². The first-order valence-electron chi connectivity index (χ1n) is 29.7. The lowest BCUT2D eigenvalue weighted by molar-refractivity contribution is -0.302. The highest BCUT2D eigenvalue weighted by Gasteiger charge is 2.44. The number of hydrogen-bond acceptors (Lipinski definition) is 8. The molecule has 6 N–H and O–H groups in total. The zero-order valence-electron chi connectivity index (χ0n) is 45.1. The van der Waals surface area contributed by atoms with Crippen molar-refractivity contribution >= 4 is 5.91 Å². The summed E-state index contributed by atoms with van der Waals surface area (Å²) in [6, 6.07) is -0.820. The van der Waals surface area contributed by atoms with Crippen molar-refractivity contribution in [1.29, 1.82) is 0 Å². The lowest BCUT2D eigenvalue weighted by Crippen LogP contribution is -2.60. The predicted octanol–water partition coefficient (Wildman–Crippen LogP) is 14.7. The van der Waals surface area contributed by atoms with Crippen LogP contribution < -0.4 is 5.32 Å². The molecular formula is C60H113NO8. The van der Waals surface area contributed by atoms with Crippen LogP contribution >= 0.6 is 0 Å². The van der Waals surface area contributed by atoms with Crippen LogP contribution in [0.5, 0.6) is 0 Å². The van der Waals surface area contributed by atoms with Gasteiger partial charge in [0, 0.05) is 6.42 Å². The number of aliphatic hydroxyl groups excluding tert-OH is 5. The monoisotopic (exact) mass is 976 g/mol. The summed E-state index contributed by atoms with van der Waals surface area (Å²) in [6.45, 7) is 3.79. The second-order valence-electron chi connectivity index (χ2n) is 20.8. The number of ether oxygens (including phenoxy) is 2. The molecule has 7 unspecified atom stereocenters. The van der Waals surface area contributed by atoms with Gasteiger partial charge in [0.1, 0.15) is 24.4 Å². The molecule has 69 heavy (non-hydrogen) atoms. The molecule has 0 aromatic carbocycles. The fourth-order valence-corrected chi connectivity index (χ4v) is 9.46. The number of carbonyl (C=O) groups excluding carboxylic acids is 1. The molecule has 1 fully saturated rings. The van der Waals surface area contributed by atoms with Crippen molar-refractivity contribution in [2.45, 2.75) is 326 Å². The van der Waals surface area contributed by atoms with E-state index in [4.69, 9.17) is 9.47 Å². The minimum atomic E-state index is -1.57. The summed E-state index contributed by atoms with van der Waals surface area (Å²) in [5.41, 5.74) is 0. The van der Waals surface area contributed by atoms with Crippen molar-refractivity contribution in [2.24, 2.45) is 0 Å². The first-order valence-corrected chi connectivity index (χ1v) is 29.7. The average molecular weight is 977 g/mol. The van der Waals surface area contributed by atoms with Gasteiger partial charge in [-0.25, -0.2) is 0 Å². The number of hydrogen-bond donors (Lipinski definition) is 6. The number of allylic oxidation sites excluding steroid dienone is 5. The molecule has 1 amide bonds. The van der Waals surface area contributed by atoms with Crippen LogP contribution in [0, 0.1) is 0 Å². The second-order valence-corrected chi connectivity index (χ2v) is 20.8. The molecule has 0 bridgehead atoms. The zero-order chi connectivity index (χ0) is 50.1. The molecule has 0 saturated carbocycles. The minimum Gasteiger partial charge on any atom is -0.394 e. The van der Waals surface area contributed by atoms with Gasteiger partial charge in [0.15, 0.2) is 6.29 Å². The van der Waals surface area contributed by atoms with Crippen molar-refractivity contribution in [3.05, 3.63) is 36.5 Å². The molecule has 0 radical (unpaired) electrons. The van der Waals surface area contributed by atoms with Gasteiger partial charge in [-0.15, -0.1) is 0 Å². The van der Waals surface area contributed by atoms with Gasteiger partial charge in [0.2, 0.25) is 5.91 Å². The van der Waals surface area contributed by atoms with E-state index in [1.807, 2.05) is 6.08 Å². The van der Waals surface area contributed by atoms with Gasteiger partial charge in [-0.05, 0) is 57.8 Å². The minimum absolute atomic E-state index is 0.184. The van der Waals surface area contributed by atoms with Gasteiger partial charge in [-0.1, -0.05) is 256 Å². The van der Waals surface area contributed by atoms with E-state index < -0.39 is 49.5 Å². The molecule has 0 aliphatic carbocycles. The van der Waals surface area contributed by atoms with E-state index in [-0.39, 0.29) is 12.5 Å². The van der Waals surface area contributed by atoms with Crippen LogP contribution in [0.15, 0.2) is 36.5 Å². The van der Waals surface area contributed by atoms with Crippen molar-refractivity contribution in [3.8, 4) is 0 Å². The highest BCUT2D eigenvalue weighted by molar-refractivity contribution is 5.76. The van der Waals surface area contributed by atoms with Gasteiger partial charge in [-0.2, -0.15) is 0 Å². The molecule has 0 aromatic rings. The first kappa shape index (κ1) is 65.4. The average Bonchev–Trinajstić information content (AvgIpc) is 3.35. The maximum Gasteiger partial charge on any atom is 0.220 e. The Morgan fingerprint density at radius 2 is 0.826 bits per heavy atom. The van der Waals surface area contributed by atoms with E-state index in [9.17, 15) is 30.3 Å². The molecule has 0 spiro atoms. The Labute approximate surface area is 425 Å². The fourth-order valence-electron chi connectivity index (χ4n) is 9.46. The molecule has 1 saturated heterocycles. The number of rotatable bonds is 51. The van der Waals surface area contributed by atoms with Crippen LogP contribution in [0.4, 0.5) is 0 Å². The van der Waals surface area contributed by atoms with Crippen LogP contribution in [0.25, 0.3) is 0 Å². The van der Waals surface area contributed by atoms with E-state index >= 15 is 0 Å². The van der Waals surface area contributed by atoms with E-state index in [1.54, 1.807) is 6.08 Å². The fraction of sp³-hybridized carbons (Fsp3) is 0.883. The number of amides is 1. The Morgan fingerprint density at radius 1 is 0.478 bits per heavy atom. The largest absolute Gasteiger partial charge is 0.394 e. The molecule has 1 aliphatic heterocycles. The van der Waals surface area contributed by atoms with Crippen molar-refractivity contribution in [2.75, 3.05) is 13.2 Å². The normalized spacial score (nSPS) is 19.7. The quantitative estimate of drug-likeness (QED) is 0.0261. The molecule has 7 atom stereocenters. The van der Waals surface area contributed by atoms with Crippen LogP contribution in [0.1, 0.15) is 284 Å². The van der Waals surface area contributed by atoms with Crippen LogP contribution in [0.2, 0.25) is 0 Å². The third-order valence-electron chi connectivity index (χ3n) is 14.2. The van der Waals surface area contributed by atoms with Gasteiger partial charge in [-0.3, -0.25) is 4.79 Å². The Balaban J connectivity index is 2.17. The summed E-state index contributed by atoms with van der Waals surface area (Å²) < 4.78 is 11.3. The molecular weight excluding hydrogens is 863 g/mol. The summed E-state index contributed by atoms with van der Waals surface area (Å²) >= 11 is 0. The maximum absolute atomic E-state index is 13.0. The number of nitrogens with one attached hydrogen (secondary N) is 1. The second kappa shape index (κ2) is 50.0. The van der Waals surface area contributed by atoms with E-state index in [0.717, 1.165) is 38.5 Å². The van der Waals surface area contributed by atoms with Crippen LogP contribution in [0.3, 0.4) is 0 Å². The molecule has 406 valence electrons. The molecule has 1 rings (SSSR count). The third kappa shape index (κ3) is 39.6. The topological polar surface area (TPSA) is 149 Å². The number of unbranched alkanes of at least 4 members (excludes halogenated alkanes) is 37. The molecule has 9 nitrogen and oxygen atoms in total. The molecule has 9 heteroatoms. The summed E-state index contributed by atoms with van der Waals surface area (Å²) in [6.07, 6.45) is 58.0. The number of carbonyl (C=O) groups is 1. The molecule has 0 aromatic heterocycles. The Bertz CT molecular complexity index is 1180. The summed E-state index contributed by atoms with van der Waals surface area (Å²) in [4.78, 5) is 13.0. The lowest BCUT2D eigenvalue weighted by atomic mass is 9.99. The number of aliphatic hydroxyl groups is 5. The third-order valence-corrected chi connectivity index (χ3v) is 14.2. The lowest BCUT2D eigenvalue weighted by Gasteiger charge is -2.40. The molecule has 1 aliphatic rings. The van der Waals surface area contributed by atoms with Crippen LogP contribution in [-0.2, 0) is 14.3 Å². The van der Waals surface area contributed by atoms with Crippen molar-refractivity contribution in [3.63, 3.8) is 0 Å². The van der Waals surface area contributed by atoms with Gasteiger partial charge in [0.25, 0.3) is 0 Å². The SMILES string of the molecule is CCCCCCCCCCCC/C=C/CC/C=C/C(O)C(COC1OC(CO)C(O)C(O)C1O)NC(=O)CCCCCCCCCCCCCCCC/C=C\CCCCCCCCCCCCCC. The molecule has 1 heterocycles. The van der Waals surface area contributed by atoms with Crippen LogP contribution in [-0.4, -0.2) is 87.5 Å². The van der Waals surface area contributed by atoms with Gasteiger partial charge in [0.05, 0.1) is 25.4 Å². The van der Waals surface area contributed by atoms with Gasteiger partial charge < -0.3 is 40.3 Å². The Morgan fingerprint density at radius 3 is 1.22 bits per heavy atom. The van der Waals surface area contributed by atoms with E-state index in [1.165, 1.54) is 225 Å². The summed E-state index contributed by atoms with van der Waals surface area (Å²) in [5.74, 6) is -0.184. The Kier molecular flexibility index (Phi) is 47.4. The highest BCUT2D eigenvalue weighted by Crippen LogP contribution is 2.23. The van der Waals surface area contributed by atoms with Gasteiger partial charge >= 0.3 is 0 Å². The van der Waals surface area contributed by atoms with Crippen molar-refractivity contribution in [1.82, 2.24) is 5.32 Å². The maximum atomic E-state index is 13.0. The highest BCUT2D eigenvalue weighted by atomic mass is 16.7. The summed E-state index contributed by atoms with van der Waals surface area (Å²) in [5, 5.41) is 54.4. The summed E-state index contributed by atoms with van der Waals surface area (Å²) in [7, 11) is 0. The standard InChI is InChI=1S/C60H113NO8/c1-3-5-7-9-11-13-15-17-19-21-22-23-24-25-26-27-28-29-30-31-32-33-34-36-38-40-42-44-46-48-50-56(64)61-53(52-68-60-59(67)58(66)57(65)55(51-62)69-60)54(63)49-47-45-43-41-39-37-35-20-18-16-14-12-10-8-6-4-2/h25-26,39,41,47,49,53-55,57-60,62-63,65-67H,3-24,27-38,40,42-46,48,50-52H2,1-2H3,(H,61,64)/b26-25-,41-39+,49-47+. The smallest absolute Gasteiger partial charge is 0.220 e. The Hall–Kier alpha value is -1.59. The first-order chi connectivity index (χ1) is 33.8. The van der Waals surface area contributed by atoms with E-state index in [2.05, 4.69) is 43.5 Å². The van der Waals surface area contributed by atoms with E-state index in [0.29, 0.717) is 6.42 Å². The predicted molar refractivity (Wildman–Crippen MR) is 290 cm³/mol. The zero-order valence-corrected chi connectivity index (χ0v) is 45.1.